The molecule has 0 aliphatic heterocycles. The third-order valence-electron chi connectivity index (χ3n) is 2.03. The second-order valence-electron chi connectivity index (χ2n) is 3.22. The van der Waals surface area contributed by atoms with E-state index in [1.807, 2.05) is 0 Å². The Kier molecular flexibility index (Phi) is 4.88. The lowest BCUT2D eigenvalue weighted by Crippen LogP contribution is -1.97. The molecular weight excluding hydrogens is 277 g/mol. The Hall–Kier alpha value is -1.85. The average molecular weight is 286 g/mol. The van der Waals surface area contributed by atoms with Crippen molar-refractivity contribution in [1.29, 1.82) is 0 Å². The molecule has 0 atom stereocenters. The van der Waals surface area contributed by atoms with E-state index in [1.54, 1.807) is 18.2 Å². The first-order chi connectivity index (χ1) is 8.15. The molecule has 0 amide bonds. The maximum Gasteiger partial charge on any atom is 0.335 e. The Morgan fingerprint density at radius 1 is 1.22 bits per heavy atom. The normalized spacial score (nSPS) is 9.39. The number of hydrogen-bond acceptors (Lipinski definition) is 4. The minimum absolute atomic E-state index is 0. The number of rotatable bonds is 3. The number of carboxylic acid groups (broad SMARTS) is 1. The van der Waals surface area contributed by atoms with Crippen LogP contribution in [0, 0.1) is 0 Å². The fraction of sp³-hybridized carbons (Fsp3) is 0. The third-order valence-corrected chi connectivity index (χ3v) is 2.21. The van der Waals surface area contributed by atoms with Crippen LogP contribution >= 0.6 is 24.0 Å². The topological polar surface area (TPSA) is 75.1 Å². The number of benzene rings is 1. The van der Waals surface area contributed by atoms with E-state index in [0.29, 0.717) is 5.82 Å². The molecule has 1 aromatic carbocycles. The summed E-state index contributed by atoms with van der Waals surface area (Å²) in [6.07, 6.45) is 1.53. The summed E-state index contributed by atoms with van der Waals surface area (Å²) < 4.78 is 0. The third kappa shape index (κ3) is 3.58. The average Bonchev–Trinajstić information content (AvgIpc) is 2.29. The number of carboxylic acids is 1. The van der Waals surface area contributed by atoms with Gasteiger partial charge in [-0.05, 0) is 41.9 Å². The Morgan fingerprint density at radius 2 is 1.89 bits per heavy atom. The van der Waals surface area contributed by atoms with Gasteiger partial charge in [0, 0.05) is 11.9 Å². The molecule has 18 heavy (non-hydrogen) atoms. The molecular formula is C11H9Cl2N3O2. The molecule has 0 aliphatic carbocycles. The number of aromatic nitrogens is 2. The SMILES string of the molecule is Cl.O=C(O)c1ccc(Nc2ccnc(Cl)n2)cc1. The van der Waals surface area contributed by atoms with Crippen molar-refractivity contribution in [2.24, 2.45) is 0 Å². The molecule has 94 valence electrons. The summed E-state index contributed by atoms with van der Waals surface area (Å²) in [6.45, 7) is 0. The lowest BCUT2D eigenvalue weighted by atomic mass is 10.2. The fourth-order valence-corrected chi connectivity index (χ4v) is 1.40. The molecule has 0 saturated heterocycles. The van der Waals surface area contributed by atoms with Gasteiger partial charge in [0.15, 0.2) is 0 Å². The molecule has 0 saturated carbocycles. The van der Waals surface area contributed by atoms with Gasteiger partial charge in [0.25, 0.3) is 0 Å². The van der Waals surface area contributed by atoms with Crippen molar-refractivity contribution >= 4 is 41.5 Å². The molecule has 1 heterocycles. The summed E-state index contributed by atoms with van der Waals surface area (Å²) >= 11 is 5.64. The lowest BCUT2D eigenvalue weighted by molar-refractivity contribution is 0.0697. The first-order valence-corrected chi connectivity index (χ1v) is 5.12. The van der Waals surface area contributed by atoms with Crippen LogP contribution in [0.5, 0.6) is 0 Å². The summed E-state index contributed by atoms with van der Waals surface area (Å²) in [7, 11) is 0. The van der Waals surface area contributed by atoms with Gasteiger partial charge in [0.1, 0.15) is 5.82 Å². The van der Waals surface area contributed by atoms with Crippen molar-refractivity contribution in [2.75, 3.05) is 5.32 Å². The standard InChI is InChI=1S/C11H8ClN3O2.ClH/c12-11-13-6-5-9(15-11)14-8-3-1-7(2-4-8)10(16)17;/h1-6H,(H,16,17)(H,13,14,15);1H. The quantitative estimate of drug-likeness (QED) is 0.848. The van der Waals surface area contributed by atoms with Crippen LogP contribution in [0.25, 0.3) is 0 Å². The second-order valence-corrected chi connectivity index (χ2v) is 3.56. The van der Waals surface area contributed by atoms with Crippen LogP contribution in [-0.4, -0.2) is 21.0 Å². The summed E-state index contributed by atoms with van der Waals surface area (Å²) in [5, 5.41) is 11.9. The fourth-order valence-electron chi connectivity index (χ4n) is 1.25. The first kappa shape index (κ1) is 14.2. The van der Waals surface area contributed by atoms with Gasteiger partial charge in [-0.1, -0.05) is 0 Å². The molecule has 2 aromatic rings. The van der Waals surface area contributed by atoms with Crippen LogP contribution in [0.2, 0.25) is 5.28 Å². The van der Waals surface area contributed by atoms with Crippen LogP contribution in [0.3, 0.4) is 0 Å². The second kappa shape index (κ2) is 6.18. The molecule has 1 aromatic heterocycles. The monoisotopic (exact) mass is 285 g/mol. The molecule has 7 heteroatoms. The molecule has 0 bridgehead atoms. The van der Waals surface area contributed by atoms with Crippen LogP contribution in [0.15, 0.2) is 36.5 Å². The smallest absolute Gasteiger partial charge is 0.335 e. The van der Waals surface area contributed by atoms with E-state index in [-0.39, 0.29) is 23.3 Å². The summed E-state index contributed by atoms with van der Waals surface area (Å²) in [5.41, 5.74) is 0.959. The minimum Gasteiger partial charge on any atom is -0.478 e. The van der Waals surface area contributed by atoms with Gasteiger partial charge in [-0.15, -0.1) is 12.4 Å². The van der Waals surface area contributed by atoms with Crippen LogP contribution in [0.4, 0.5) is 11.5 Å². The predicted molar refractivity (Wildman–Crippen MR) is 71.0 cm³/mol. The van der Waals surface area contributed by atoms with E-state index in [4.69, 9.17) is 16.7 Å². The number of aromatic carboxylic acids is 1. The van der Waals surface area contributed by atoms with Gasteiger partial charge in [-0.25, -0.2) is 14.8 Å². The highest BCUT2D eigenvalue weighted by molar-refractivity contribution is 6.28. The van der Waals surface area contributed by atoms with Gasteiger partial charge in [0.2, 0.25) is 5.28 Å². The van der Waals surface area contributed by atoms with Crippen LogP contribution in [0.1, 0.15) is 10.4 Å². The van der Waals surface area contributed by atoms with Gasteiger partial charge in [-0.3, -0.25) is 0 Å². The Bertz CT molecular complexity index is 546. The summed E-state index contributed by atoms with van der Waals surface area (Å²) in [4.78, 5) is 18.4. The summed E-state index contributed by atoms with van der Waals surface area (Å²) in [6, 6.07) is 7.98. The number of anilines is 2. The van der Waals surface area contributed by atoms with Crippen molar-refractivity contribution in [1.82, 2.24) is 9.97 Å². The zero-order valence-corrected chi connectivity index (χ0v) is 10.6. The summed E-state index contributed by atoms with van der Waals surface area (Å²) in [5.74, 6) is -0.408. The Balaban J connectivity index is 0.00000162. The van der Waals surface area contributed by atoms with E-state index >= 15 is 0 Å². The molecule has 2 rings (SSSR count). The number of hydrogen-bond donors (Lipinski definition) is 2. The van der Waals surface area contributed by atoms with E-state index in [0.717, 1.165) is 5.69 Å². The highest BCUT2D eigenvalue weighted by atomic mass is 35.5. The minimum atomic E-state index is -0.957. The zero-order chi connectivity index (χ0) is 12.3. The van der Waals surface area contributed by atoms with Crippen molar-refractivity contribution in [3.63, 3.8) is 0 Å². The maximum atomic E-state index is 10.7. The van der Waals surface area contributed by atoms with E-state index in [9.17, 15) is 4.79 Å². The largest absolute Gasteiger partial charge is 0.478 e. The van der Waals surface area contributed by atoms with Gasteiger partial charge in [0.05, 0.1) is 5.56 Å². The van der Waals surface area contributed by atoms with Gasteiger partial charge >= 0.3 is 5.97 Å². The molecule has 0 aliphatic rings. The maximum absolute atomic E-state index is 10.7. The molecule has 5 nitrogen and oxygen atoms in total. The highest BCUT2D eigenvalue weighted by Crippen LogP contribution is 2.15. The number of nitrogens with zero attached hydrogens (tertiary/aromatic N) is 2. The van der Waals surface area contributed by atoms with E-state index < -0.39 is 5.97 Å². The van der Waals surface area contributed by atoms with Crippen molar-refractivity contribution < 1.29 is 9.90 Å². The Morgan fingerprint density at radius 3 is 2.44 bits per heavy atom. The number of halogens is 2. The Labute approximate surface area is 114 Å². The molecule has 0 fully saturated rings. The predicted octanol–water partition coefficient (Wildman–Crippen LogP) is 2.99. The molecule has 0 unspecified atom stereocenters. The number of nitrogens with one attached hydrogen (secondary N) is 1. The van der Waals surface area contributed by atoms with Crippen molar-refractivity contribution in [2.45, 2.75) is 0 Å². The lowest BCUT2D eigenvalue weighted by Gasteiger charge is -2.05. The van der Waals surface area contributed by atoms with E-state index in [2.05, 4.69) is 15.3 Å². The van der Waals surface area contributed by atoms with Gasteiger partial charge in [-0.2, -0.15) is 0 Å². The highest BCUT2D eigenvalue weighted by Gasteiger charge is 2.02. The molecule has 2 N–H and O–H groups in total. The molecule has 0 spiro atoms. The van der Waals surface area contributed by atoms with Crippen LogP contribution in [-0.2, 0) is 0 Å². The van der Waals surface area contributed by atoms with Gasteiger partial charge < -0.3 is 10.4 Å². The van der Waals surface area contributed by atoms with Crippen molar-refractivity contribution in [3.05, 3.63) is 47.4 Å². The molecule has 0 radical (unpaired) electrons. The number of carbonyl (C=O) groups is 1. The first-order valence-electron chi connectivity index (χ1n) is 4.74. The van der Waals surface area contributed by atoms with Crippen LogP contribution < -0.4 is 5.32 Å². The zero-order valence-electron chi connectivity index (χ0n) is 9.00. The van der Waals surface area contributed by atoms with E-state index in [1.165, 1.54) is 18.3 Å². The van der Waals surface area contributed by atoms with Crippen molar-refractivity contribution in [3.8, 4) is 0 Å².